The number of halogens is 1. The molecule has 0 radical (unpaired) electrons. The van der Waals surface area contributed by atoms with E-state index in [0.717, 1.165) is 0 Å². The van der Waals surface area contributed by atoms with Gasteiger partial charge < -0.3 is 0 Å². The molecule has 0 N–H and O–H groups in total. The van der Waals surface area contributed by atoms with E-state index in [1.807, 2.05) is 0 Å². The lowest BCUT2D eigenvalue weighted by atomic mass is 9.88. The van der Waals surface area contributed by atoms with E-state index in [4.69, 9.17) is 0 Å². The van der Waals surface area contributed by atoms with Crippen LogP contribution in [-0.2, 0) is 0 Å². The summed E-state index contributed by atoms with van der Waals surface area (Å²) in [5.74, 6) is -0.718. The number of fused-ring (bicyclic) bond motifs is 1. The molecule has 0 aliphatic heterocycles. The molecule has 6 nitrogen and oxygen atoms in total. The van der Waals surface area contributed by atoms with Gasteiger partial charge in [0.05, 0.1) is 15.0 Å². The number of nitrogens with zero attached hydrogens (tertiary/aromatic N) is 2. The normalized spacial score (nSPS) is 14.0. The first-order valence-corrected chi connectivity index (χ1v) is 7.41. The topological polar surface area (TPSA) is 90.2 Å². The molecule has 23 heavy (non-hydrogen) atoms. The Kier molecular flexibility index (Phi) is 3.65. The Bertz CT molecular complexity index is 901. The zero-order valence-electron chi connectivity index (χ0n) is 11.9. The number of Topliss-reactive ketones (excluding diaryl/α,β-unsaturated/α-hetero) is 2. The highest BCUT2D eigenvalue weighted by Crippen LogP contribution is 2.35. The van der Waals surface area contributed by atoms with Crippen LogP contribution in [0.4, 0.5) is 5.69 Å². The van der Waals surface area contributed by atoms with Gasteiger partial charge in [-0.3, -0.25) is 19.7 Å². The first-order valence-electron chi connectivity index (χ1n) is 6.62. The number of allylic oxidation sites excluding steroid dienone is 2. The molecule has 1 aromatic carbocycles. The van der Waals surface area contributed by atoms with Crippen molar-refractivity contribution in [3.05, 3.63) is 73.5 Å². The van der Waals surface area contributed by atoms with E-state index in [1.165, 1.54) is 24.3 Å². The van der Waals surface area contributed by atoms with Crippen LogP contribution in [0.25, 0.3) is 5.57 Å². The highest BCUT2D eigenvalue weighted by molar-refractivity contribution is 9.12. The Hall–Kier alpha value is -2.67. The molecule has 0 spiro atoms. The third-order valence-corrected chi connectivity index (χ3v) is 4.26. The summed E-state index contributed by atoms with van der Waals surface area (Å²) in [6, 6.07) is 8.73. The summed E-state index contributed by atoms with van der Waals surface area (Å²) in [6.45, 7) is 1.74. The van der Waals surface area contributed by atoms with Crippen LogP contribution in [0.2, 0.25) is 0 Å². The predicted molar refractivity (Wildman–Crippen MR) is 86.6 cm³/mol. The van der Waals surface area contributed by atoms with E-state index < -0.39 is 4.92 Å². The number of nitro benzene ring substituents is 1. The molecule has 2 aromatic rings. The largest absolute Gasteiger partial charge is 0.288 e. The highest BCUT2D eigenvalue weighted by Gasteiger charge is 2.33. The first-order chi connectivity index (χ1) is 10.9. The summed E-state index contributed by atoms with van der Waals surface area (Å²) in [5, 5.41) is 10.7. The molecule has 0 unspecified atom stereocenters. The van der Waals surface area contributed by atoms with Crippen molar-refractivity contribution < 1.29 is 14.5 Å². The van der Waals surface area contributed by atoms with Crippen LogP contribution >= 0.6 is 15.9 Å². The molecular weight excluding hydrogens is 364 g/mol. The number of rotatable bonds is 2. The summed E-state index contributed by atoms with van der Waals surface area (Å²) < 4.78 is 0.113. The lowest BCUT2D eigenvalue weighted by molar-refractivity contribution is -0.384. The fraction of sp³-hybridized carbons (Fsp3) is 0.0625. The second kappa shape index (κ2) is 5.51. The van der Waals surface area contributed by atoms with E-state index in [-0.39, 0.29) is 38.6 Å². The maximum atomic E-state index is 12.7. The van der Waals surface area contributed by atoms with Gasteiger partial charge in [-0.05, 0) is 52.7 Å². The van der Waals surface area contributed by atoms with E-state index in [9.17, 15) is 19.7 Å². The van der Waals surface area contributed by atoms with Gasteiger partial charge in [0.15, 0.2) is 5.78 Å². The molecule has 114 valence electrons. The molecular formula is C16H9BrN2O4. The van der Waals surface area contributed by atoms with Crippen LogP contribution in [0.1, 0.15) is 32.1 Å². The van der Waals surface area contributed by atoms with Gasteiger partial charge in [0.1, 0.15) is 5.69 Å². The number of ketones is 2. The fourth-order valence-electron chi connectivity index (χ4n) is 2.37. The summed E-state index contributed by atoms with van der Waals surface area (Å²) >= 11 is 3.17. The Morgan fingerprint density at radius 1 is 1.04 bits per heavy atom. The van der Waals surface area contributed by atoms with Crippen LogP contribution in [0, 0.1) is 17.0 Å². The third-order valence-electron chi connectivity index (χ3n) is 3.51. The second-order valence-corrected chi connectivity index (χ2v) is 5.79. The maximum Gasteiger partial charge on any atom is 0.269 e. The molecule has 1 heterocycles. The number of aryl methyl sites for hydroxylation is 1. The van der Waals surface area contributed by atoms with Crippen molar-refractivity contribution in [2.45, 2.75) is 6.92 Å². The molecule has 3 rings (SSSR count). The molecule has 0 saturated heterocycles. The van der Waals surface area contributed by atoms with Crippen molar-refractivity contribution in [3.8, 4) is 0 Å². The van der Waals surface area contributed by atoms with Crippen LogP contribution in [0.15, 0.2) is 40.9 Å². The van der Waals surface area contributed by atoms with E-state index in [1.54, 1.807) is 19.1 Å². The molecule has 1 aromatic heterocycles. The molecule has 0 saturated carbocycles. The van der Waals surface area contributed by atoms with E-state index in [0.29, 0.717) is 11.3 Å². The number of non-ortho nitro benzene ring substituents is 1. The van der Waals surface area contributed by atoms with Crippen LogP contribution in [-0.4, -0.2) is 21.5 Å². The van der Waals surface area contributed by atoms with Crippen LogP contribution < -0.4 is 0 Å². The molecule has 1 aliphatic rings. The number of hydrogen-bond acceptors (Lipinski definition) is 5. The van der Waals surface area contributed by atoms with Crippen molar-refractivity contribution >= 4 is 38.8 Å². The SMILES string of the molecule is Cc1ccc2c(n1)C(=O)C(Br)=C(c1ccc([N+](=O)[O-])cc1)C2=O. The molecule has 0 amide bonds. The monoisotopic (exact) mass is 372 g/mol. The number of carbonyl (C=O) groups excluding carboxylic acids is 2. The van der Waals surface area contributed by atoms with Gasteiger partial charge in [-0.1, -0.05) is 0 Å². The average molecular weight is 373 g/mol. The highest BCUT2D eigenvalue weighted by atomic mass is 79.9. The van der Waals surface area contributed by atoms with E-state index >= 15 is 0 Å². The van der Waals surface area contributed by atoms with Crippen LogP contribution in [0.5, 0.6) is 0 Å². The molecule has 0 bridgehead atoms. The van der Waals surface area contributed by atoms with Gasteiger partial charge in [0.2, 0.25) is 5.78 Å². The zero-order chi connectivity index (χ0) is 16.7. The van der Waals surface area contributed by atoms with Crippen molar-refractivity contribution in [1.29, 1.82) is 0 Å². The minimum atomic E-state index is -0.525. The average Bonchev–Trinajstić information content (AvgIpc) is 2.53. The lowest BCUT2D eigenvalue weighted by Gasteiger charge is -2.17. The zero-order valence-corrected chi connectivity index (χ0v) is 13.5. The number of benzene rings is 1. The summed E-state index contributed by atoms with van der Waals surface area (Å²) in [7, 11) is 0. The van der Waals surface area contributed by atoms with Gasteiger partial charge in [-0.2, -0.15) is 0 Å². The number of aromatic nitrogens is 1. The molecule has 1 aliphatic carbocycles. The fourth-order valence-corrected chi connectivity index (χ4v) is 2.97. The summed E-state index contributed by atoms with van der Waals surface area (Å²) in [5.41, 5.74) is 1.53. The van der Waals surface area contributed by atoms with Gasteiger partial charge in [0, 0.05) is 23.4 Å². The van der Waals surface area contributed by atoms with Gasteiger partial charge in [-0.15, -0.1) is 0 Å². The predicted octanol–water partition coefficient (Wildman–Crippen LogP) is 3.48. The van der Waals surface area contributed by atoms with Crippen molar-refractivity contribution in [3.63, 3.8) is 0 Å². The third kappa shape index (κ3) is 2.49. The molecule has 0 atom stereocenters. The van der Waals surface area contributed by atoms with Gasteiger partial charge in [0.25, 0.3) is 5.69 Å². The minimum Gasteiger partial charge on any atom is -0.288 e. The van der Waals surface area contributed by atoms with E-state index in [2.05, 4.69) is 20.9 Å². The summed E-state index contributed by atoms with van der Waals surface area (Å²) in [6.07, 6.45) is 0. The number of carbonyl (C=O) groups is 2. The van der Waals surface area contributed by atoms with Gasteiger partial charge >= 0.3 is 0 Å². The van der Waals surface area contributed by atoms with Crippen molar-refractivity contribution in [2.75, 3.05) is 0 Å². The smallest absolute Gasteiger partial charge is 0.269 e. The summed E-state index contributed by atoms with van der Waals surface area (Å²) in [4.78, 5) is 39.5. The van der Waals surface area contributed by atoms with Crippen molar-refractivity contribution in [1.82, 2.24) is 4.98 Å². The molecule has 7 heteroatoms. The standard InChI is InChI=1S/C16H9BrN2O4/c1-8-2-7-11-14(18-8)16(21)13(17)12(15(11)20)9-3-5-10(6-4-9)19(22)23/h2-7H,1H3. The maximum absolute atomic E-state index is 12.7. The van der Waals surface area contributed by atoms with Crippen LogP contribution in [0.3, 0.4) is 0 Å². The number of pyridine rings is 1. The Morgan fingerprint density at radius 2 is 1.70 bits per heavy atom. The second-order valence-electron chi connectivity index (χ2n) is 5.00. The minimum absolute atomic E-state index is 0.0854. The Labute approximate surface area is 139 Å². The molecule has 0 fully saturated rings. The number of hydrogen-bond donors (Lipinski definition) is 0. The van der Waals surface area contributed by atoms with Crippen molar-refractivity contribution in [2.24, 2.45) is 0 Å². The first kappa shape index (κ1) is 15.2. The Balaban J connectivity index is 2.14. The quantitative estimate of drug-likeness (QED) is 0.594. The number of nitro groups is 1. The Morgan fingerprint density at radius 3 is 2.30 bits per heavy atom. The van der Waals surface area contributed by atoms with Gasteiger partial charge in [-0.25, -0.2) is 4.98 Å². The lowest BCUT2D eigenvalue weighted by Crippen LogP contribution is -2.21.